The Balaban J connectivity index is 1.83. The van der Waals surface area contributed by atoms with Crippen molar-refractivity contribution < 1.29 is 24.0 Å². The lowest BCUT2D eigenvalue weighted by Gasteiger charge is -2.37. The number of hydrogen-bond acceptors (Lipinski definition) is 5. The van der Waals surface area contributed by atoms with E-state index in [2.05, 4.69) is 41.7 Å². The zero-order valence-corrected chi connectivity index (χ0v) is 25.1. The van der Waals surface area contributed by atoms with E-state index in [1.54, 1.807) is 4.90 Å². The molecule has 5 amide bonds. The molecule has 0 aromatic heterocycles. The van der Waals surface area contributed by atoms with Crippen LogP contribution < -0.4 is 21.3 Å². The Hall–Kier alpha value is -2.91. The van der Waals surface area contributed by atoms with E-state index in [0.29, 0.717) is 19.4 Å². The highest BCUT2D eigenvalue weighted by molar-refractivity contribution is 6.38. The molecule has 0 radical (unpaired) electrons. The van der Waals surface area contributed by atoms with Crippen molar-refractivity contribution in [3.8, 4) is 0 Å². The predicted octanol–water partition coefficient (Wildman–Crippen LogP) is 2.67. The number of hydrogen-bond donors (Lipinski definition) is 4. The molecule has 5 atom stereocenters. The molecule has 1 saturated heterocycles. The average Bonchev–Trinajstić information content (AvgIpc) is 3.21. The highest BCUT2D eigenvalue weighted by atomic mass is 16.2. The Labute approximate surface area is 238 Å². The summed E-state index contributed by atoms with van der Waals surface area (Å²) in [5, 5.41) is 11.2. The molecule has 2 unspecified atom stereocenters. The second-order valence-electron chi connectivity index (χ2n) is 13.3. The maximum absolute atomic E-state index is 14.2. The quantitative estimate of drug-likeness (QED) is 0.228. The van der Waals surface area contributed by atoms with Crippen molar-refractivity contribution in [1.29, 1.82) is 0 Å². The fourth-order valence-electron chi connectivity index (χ4n) is 6.58. The molecule has 0 spiro atoms. The summed E-state index contributed by atoms with van der Waals surface area (Å²) in [4.78, 5) is 67.8. The Morgan fingerprint density at radius 2 is 1.70 bits per heavy atom. The number of carbonyl (C=O) groups is 5. The predicted molar refractivity (Wildman–Crippen MR) is 153 cm³/mol. The van der Waals surface area contributed by atoms with Crippen LogP contribution in [0.25, 0.3) is 0 Å². The Bertz CT molecular complexity index is 997. The van der Waals surface area contributed by atoms with Crippen LogP contribution in [0.2, 0.25) is 0 Å². The number of fused-ring (bicyclic) bond motifs is 1. The summed E-state index contributed by atoms with van der Waals surface area (Å²) >= 11 is 0. The largest absolute Gasteiger partial charge is 0.346 e. The van der Waals surface area contributed by atoms with Gasteiger partial charge in [-0.3, -0.25) is 19.2 Å². The van der Waals surface area contributed by atoms with Gasteiger partial charge in [0, 0.05) is 18.6 Å². The molecular formula is C30H49N5O5. The number of nitrogens with zero attached hydrogens (tertiary/aromatic N) is 1. The third-order valence-electron chi connectivity index (χ3n) is 8.76. The molecule has 3 aliphatic rings. The minimum Gasteiger partial charge on any atom is -0.346 e. The number of urea groups is 1. The van der Waals surface area contributed by atoms with Gasteiger partial charge in [-0.2, -0.15) is 0 Å². The van der Waals surface area contributed by atoms with E-state index in [1.807, 2.05) is 27.7 Å². The van der Waals surface area contributed by atoms with E-state index in [4.69, 9.17) is 0 Å². The number of rotatable bonds is 11. The van der Waals surface area contributed by atoms with Gasteiger partial charge in [-0.05, 0) is 63.2 Å². The van der Waals surface area contributed by atoms with Crippen molar-refractivity contribution in [2.45, 2.75) is 110 Å². The zero-order chi connectivity index (χ0) is 29.8. The van der Waals surface area contributed by atoms with E-state index in [0.717, 1.165) is 32.1 Å². The number of carbonyl (C=O) groups excluding carboxylic acids is 5. The molecule has 10 nitrogen and oxygen atoms in total. The molecule has 2 saturated carbocycles. The molecule has 3 fully saturated rings. The summed E-state index contributed by atoms with van der Waals surface area (Å²) < 4.78 is 0. The monoisotopic (exact) mass is 559 g/mol. The maximum Gasteiger partial charge on any atom is 0.315 e. The number of amides is 5. The van der Waals surface area contributed by atoms with Crippen LogP contribution in [0.15, 0.2) is 12.7 Å². The standard InChI is InChI=1S/C30H49N5O5/c1-8-13-20(24(36)26(38)31-16-9-2)32-25(37)23-21-19(30(21,6)7)17-35(23)27(39)22(18-14-11-10-12-15-18)33-28(40)34-29(3,4)5/h9,18-23H,2,8,10-17H2,1,3-7H3,(H,31,38)(H,32,37)(H2,33,34,40)/t19?,20-,21?,22+,23+/m1/s1. The first-order valence-electron chi connectivity index (χ1n) is 14.8. The first-order chi connectivity index (χ1) is 18.7. The van der Waals surface area contributed by atoms with Crippen molar-refractivity contribution in [2.75, 3.05) is 13.1 Å². The third kappa shape index (κ3) is 7.23. The van der Waals surface area contributed by atoms with Crippen LogP contribution in [0.3, 0.4) is 0 Å². The zero-order valence-electron chi connectivity index (χ0n) is 25.1. The molecule has 1 aliphatic heterocycles. The molecule has 3 rings (SSSR count). The Kier molecular flexibility index (Phi) is 10.1. The van der Waals surface area contributed by atoms with Crippen LogP contribution in [0.5, 0.6) is 0 Å². The maximum atomic E-state index is 14.2. The van der Waals surface area contributed by atoms with Gasteiger partial charge in [0.1, 0.15) is 12.1 Å². The second kappa shape index (κ2) is 12.7. The smallest absolute Gasteiger partial charge is 0.315 e. The Morgan fingerprint density at radius 3 is 2.27 bits per heavy atom. The van der Waals surface area contributed by atoms with Gasteiger partial charge in [0.05, 0.1) is 6.04 Å². The molecule has 40 heavy (non-hydrogen) atoms. The summed E-state index contributed by atoms with van der Waals surface area (Å²) in [5.41, 5.74) is -0.591. The average molecular weight is 560 g/mol. The molecule has 4 N–H and O–H groups in total. The van der Waals surface area contributed by atoms with Gasteiger partial charge in [-0.15, -0.1) is 6.58 Å². The van der Waals surface area contributed by atoms with Crippen LogP contribution in [0.1, 0.15) is 86.5 Å². The highest BCUT2D eigenvalue weighted by Crippen LogP contribution is 2.65. The molecule has 1 heterocycles. The normalized spacial score (nSPS) is 25.1. The molecule has 10 heteroatoms. The number of piperidine rings is 1. The van der Waals surface area contributed by atoms with E-state index in [-0.39, 0.29) is 35.6 Å². The summed E-state index contributed by atoms with van der Waals surface area (Å²) in [6, 6.07) is -2.89. The number of likely N-dealkylation sites (tertiary alicyclic amines) is 1. The van der Waals surface area contributed by atoms with Gasteiger partial charge >= 0.3 is 6.03 Å². The van der Waals surface area contributed by atoms with Crippen molar-refractivity contribution in [2.24, 2.45) is 23.2 Å². The third-order valence-corrected chi connectivity index (χ3v) is 8.76. The van der Waals surface area contributed by atoms with Crippen molar-refractivity contribution in [3.05, 3.63) is 12.7 Å². The van der Waals surface area contributed by atoms with Crippen LogP contribution in [-0.4, -0.2) is 71.2 Å². The highest BCUT2D eigenvalue weighted by Gasteiger charge is 2.69. The molecular weight excluding hydrogens is 510 g/mol. The van der Waals surface area contributed by atoms with E-state index in [9.17, 15) is 24.0 Å². The van der Waals surface area contributed by atoms with Crippen LogP contribution in [0.4, 0.5) is 4.79 Å². The molecule has 224 valence electrons. The van der Waals surface area contributed by atoms with Crippen LogP contribution in [-0.2, 0) is 19.2 Å². The van der Waals surface area contributed by atoms with Gasteiger partial charge < -0.3 is 26.2 Å². The summed E-state index contributed by atoms with van der Waals surface area (Å²) in [6.07, 6.45) is 7.14. The van der Waals surface area contributed by atoms with Gasteiger partial charge in [0.15, 0.2) is 0 Å². The van der Waals surface area contributed by atoms with Gasteiger partial charge in [-0.25, -0.2) is 4.79 Å². The first kappa shape index (κ1) is 31.6. The topological polar surface area (TPSA) is 137 Å². The summed E-state index contributed by atoms with van der Waals surface area (Å²) in [5.74, 6) is -2.06. The van der Waals surface area contributed by atoms with E-state index < -0.39 is 47.3 Å². The van der Waals surface area contributed by atoms with Gasteiger partial charge in [-0.1, -0.05) is 52.5 Å². The Morgan fingerprint density at radius 1 is 1.05 bits per heavy atom. The van der Waals surface area contributed by atoms with Gasteiger partial charge in [0.2, 0.25) is 17.6 Å². The van der Waals surface area contributed by atoms with Crippen molar-refractivity contribution >= 4 is 29.5 Å². The lowest BCUT2D eigenvalue weighted by atomic mass is 9.83. The van der Waals surface area contributed by atoms with Crippen LogP contribution >= 0.6 is 0 Å². The number of ketones is 1. The molecule has 0 aromatic rings. The minimum atomic E-state index is -0.981. The number of nitrogens with one attached hydrogen (secondary N) is 4. The van der Waals surface area contributed by atoms with Crippen molar-refractivity contribution in [3.63, 3.8) is 0 Å². The SMILES string of the molecule is C=CCNC(=O)C(=O)[C@@H](CCC)NC(=O)[C@@H]1C2C(CN1C(=O)[C@@H](NC(=O)NC(C)(C)C)C1CCCCC1)C2(C)C. The van der Waals surface area contributed by atoms with Crippen molar-refractivity contribution in [1.82, 2.24) is 26.2 Å². The first-order valence-corrected chi connectivity index (χ1v) is 14.8. The van der Waals surface area contributed by atoms with E-state index >= 15 is 0 Å². The fraction of sp³-hybridized carbons (Fsp3) is 0.767. The summed E-state index contributed by atoms with van der Waals surface area (Å²) in [6.45, 7) is 15.8. The van der Waals surface area contributed by atoms with Gasteiger partial charge in [0.25, 0.3) is 5.91 Å². The molecule has 0 bridgehead atoms. The lowest BCUT2D eigenvalue weighted by Crippen LogP contribution is -2.61. The fourth-order valence-corrected chi connectivity index (χ4v) is 6.58. The second-order valence-corrected chi connectivity index (χ2v) is 13.3. The summed E-state index contributed by atoms with van der Waals surface area (Å²) in [7, 11) is 0. The van der Waals surface area contributed by atoms with Crippen LogP contribution in [0, 0.1) is 23.2 Å². The number of Topliss-reactive ketones (excluding diaryl/α,β-unsaturated/α-hetero) is 1. The molecule has 2 aliphatic carbocycles. The minimum absolute atomic E-state index is 0.0106. The van der Waals surface area contributed by atoms with E-state index in [1.165, 1.54) is 6.08 Å². The lowest BCUT2D eigenvalue weighted by molar-refractivity contribution is -0.144. The molecule has 0 aromatic carbocycles.